The van der Waals surface area contributed by atoms with Crippen molar-refractivity contribution in [3.63, 3.8) is 0 Å². The van der Waals surface area contributed by atoms with Crippen molar-refractivity contribution in [3.8, 4) is 11.3 Å². The highest BCUT2D eigenvalue weighted by atomic mass is 127. The molecule has 28 heavy (non-hydrogen) atoms. The summed E-state index contributed by atoms with van der Waals surface area (Å²) in [6.07, 6.45) is 2.48. The van der Waals surface area contributed by atoms with E-state index in [1.165, 1.54) is 0 Å². The molecule has 3 aromatic rings. The SMILES string of the molecule is CCNC(=NCCc1nc(C)no1)N(C)Cc1ncc(-c2ccccc2)[nH]1.I. The number of H-pyrrole nitrogens is 1. The summed E-state index contributed by atoms with van der Waals surface area (Å²) in [5.41, 5.74) is 2.13. The number of aromatic amines is 1. The molecule has 0 aliphatic carbocycles. The number of imidazole rings is 1. The highest BCUT2D eigenvalue weighted by molar-refractivity contribution is 14.0. The maximum atomic E-state index is 5.13. The standard InChI is InChI=1S/C19H25N7O.HI/c1-4-20-19(21-11-10-18-23-14(2)25-27-18)26(3)13-17-22-12-16(24-17)15-8-6-5-7-9-15;/h5-9,12H,4,10-11,13H2,1-3H3,(H,20,21)(H,22,24);1H. The van der Waals surface area contributed by atoms with Gasteiger partial charge in [-0.2, -0.15) is 4.98 Å². The molecule has 2 N–H and O–H groups in total. The molecule has 0 fully saturated rings. The molecule has 0 bridgehead atoms. The van der Waals surface area contributed by atoms with E-state index in [1.807, 2.05) is 43.3 Å². The van der Waals surface area contributed by atoms with Crippen molar-refractivity contribution in [3.05, 3.63) is 54.1 Å². The molecular weight excluding hydrogens is 469 g/mol. The van der Waals surface area contributed by atoms with Gasteiger partial charge in [0.2, 0.25) is 5.89 Å². The first-order valence-electron chi connectivity index (χ1n) is 9.03. The third-order valence-corrected chi connectivity index (χ3v) is 3.95. The fraction of sp³-hybridized carbons (Fsp3) is 0.368. The van der Waals surface area contributed by atoms with E-state index in [0.717, 1.165) is 29.6 Å². The summed E-state index contributed by atoms with van der Waals surface area (Å²) >= 11 is 0. The maximum Gasteiger partial charge on any atom is 0.228 e. The van der Waals surface area contributed by atoms with Crippen LogP contribution in [0.2, 0.25) is 0 Å². The van der Waals surface area contributed by atoms with Crippen LogP contribution in [0.4, 0.5) is 0 Å². The molecule has 2 aromatic heterocycles. The molecule has 0 saturated heterocycles. The molecule has 0 aliphatic rings. The molecular formula is C19H26IN7O. The lowest BCUT2D eigenvalue weighted by atomic mass is 10.2. The van der Waals surface area contributed by atoms with E-state index in [0.29, 0.717) is 31.2 Å². The Balaban J connectivity index is 0.00000280. The van der Waals surface area contributed by atoms with E-state index >= 15 is 0 Å². The minimum Gasteiger partial charge on any atom is -0.357 e. The lowest BCUT2D eigenvalue weighted by molar-refractivity contribution is 0.375. The molecule has 2 heterocycles. The predicted molar refractivity (Wildman–Crippen MR) is 120 cm³/mol. The number of aliphatic imine (C=N–C) groups is 1. The minimum atomic E-state index is 0. The fourth-order valence-corrected chi connectivity index (χ4v) is 2.68. The monoisotopic (exact) mass is 495 g/mol. The highest BCUT2D eigenvalue weighted by Gasteiger charge is 2.10. The van der Waals surface area contributed by atoms with Crippen LogP contribution in [0.3, 0.4) is 0 Å². The molecule has 0 atom stereocenters. The Kier molecular flexibility index (Phi) is 8.42. The summed E-state index contributed by atoms with van der Waals surface area (Å²) < 4.78 is 5.13. The summed E-state index contributed by atoms with van der Waals surface area (Å²) in [5, 5.41) is 7.10. The van der Waals surface area contributed by atoms with E-state index in [-0.39, 0.29) is 24.0 Å². The lowest BCUT2D eigenvalue weighted by Crippen LogP contribution is -2.38. The van der Waals surface area contributed by atoms with Crippen LogP contribution in [-0.2, 0) is 13.0 Å². The van der Waals surface area contributed by atoms with Gasteiger partial charge in [-0.1, -0.05) is 35.5 Å². The van der Waals surface area contributed by atoms with E-state index in [4.69, 9.17) is 4.52 Å². The van der Waals surface area contributed by atoms with Crippen LogP contribution in [-0.4, -0.2) is 51.1 Å². The summed E-state index contributed by atoms with van der Waals surface area (Å²) in [6, 6.07) is 10.2. The average Bonchev–Trinajstić information content (AvgIpc) is 3.31. The molecule has 150 valence electrons. The Morgan fingerprint density at radius 1 is 1.29 bits per heavy atom. The van der Waals surface area contributed by atoms with Gasteiger partial charge in [-0.15, -0.1) is 24.0 Å². The number of guanidine groups is 1. The van der Waals surface area contributed by atoms with Gasteiger partial charge in [-0.05, 0) is 19.4 Å². The number of hydrogen-bond acceptors (Lipinski definition) is 5. The van der Waals surface area contributed by atoms with E-state index in [2.05, 4.69) is 42.6 Å². The average molecular weight is 495 g/mol. The molecule has 9 heteroatoms. The van der Waals surface area contributed by atoms with Crippen molar-refractivity contribution < 1.29 is 4.52 Å². The maximum absolute atomic E-state index is 5.13. The summed E-state index contributed by atoms with van der Waals surface area (Å²) in [4.78, 5) is 18.7. The Morgan fingerprint density at radius 2 is 2.07 bits per heavy atom. The van der Waals surface area contributed by atoms with Crippen molar-refractivity contribution in [2.45, 2.75) is 26.8 Å². The van der Waals surface area contributed by atoms with Crippen LogP contribution in [0.1, 0.15) is 24.5 Å². The molecule has 0 radical (unpaired) electrons. The van der Waals surface area contributed by atoms with Crippen molar-refractivity contribution in [2.75, 3.05) is 20.1 Å². The van der Waals surface area contributed by atoms with Gasteiger partial charge in [0.25, 0.3) is 0 Å². The molecule has 8 nitrogen and oxygen atoms in total. The van der Waals surface area contributed by atoms with Gasteiger partial charge >= 0.3 is 0 Å². The number of hydrogen-bond donors (Lipinski definition) is 2. The molecule has 1 aromatic carbocycles. The molecule has 0 spiro atoms. The van der Waals surface area contributed by atoms with Gasteiger partial charge in [-0.3, -0.25) is 4.99 Å². The number of rotatable bonds is 7. The van der Waals surface area contributed by atoms with Crippen LogP contribution in [0.5, 0.6) is 0 Å². The van der Waals surface area contributed by atoms with Gasteiger partial charge < -0.3 is 19.7 Å². The molecule has 3 rings (SSSR count). The van der Waals surface area contributed by atoms with Crippen molar-refractivity contribution in [2.24, 2.45) is 4.99 Å². The zero-order chi connectivity index (χ0) is 19.1. The second-order valence-electron chi connectivity index (χ2n) is 6.19. The zero-order valence-corrected chi connectivity index (χ0v) is 18.7. The number of aryl methyl sites for hydroxylation is 1. The molecule has 0 unspecified atom stereocenters. The topological polar surface area (TPSA) is 95.2 Å². The quantitative estimate of drug-likeness (QED) is 0.297. The normalized spacial score (nSPS) is 11.2. The zero-order valence-electron chi connectivity index (χ0n) is 16.3. The largest absolute Gasteiger partial charge is 0.357 e. The Bertz CT molecular complexity index is 875. The van der Waals surface area contributed by atoms with Crippen molar-refractivity contribution >= 4 is 29.9 Å². The Morgan fingerprint density at radius 3 is 2.75 bits per heavy atom. The minimum absolute atomic E-state index is 0. The number of nitrogens with zero attached hydrogens (tertiary/aromatic N) is 5. The Hall–Kier alpha value is -2.43. The van der Waals surface area contributed by atoms with Gasteiger partial charge in [0.15, 0.2) is 11.8 Å². The van der Waals surface area contributed by atoms with Crippen LogP contribution < -0.4 is 5.32 Å². The first-order valence-corrected chi connectivity index (χ1v) is 9.03. The second-order valence-corrected chi connectivity index (χ2v) is 6.19. The summed E-state index contributed by atoms with van der Waals surface area (Å²) in [5.74, 6) is 2.94. The predicted octanol–water partition coefficient (Wildman–Crippen LogP) is 3.03. The second kappa shape index (κ2) is 10.8. The van der Waals surface area contributed by atoms with Crippen LogP contribution in [0.25, 0.3) is 11.3 Å². The number of aromatic nitrogens is 4. The van der Waals surface area contributed by atoms with E-state index in [1.54, 1.807) is 6.92 Å². The number of benzene rings is 1. The molecule has 0 saturated carbocycles. The Labute approximate surface area is 181 Å². The van der Waals surface area contributed by atoms with Gasteiger partial charge in [-0.25, -0.2) is 4.98 Å². The summed E-state index contributed by atoms with van der Waals surface area (Å²) in [7, 11) is 1.99. The van der Waals surface area contributed by atoms with Crippen LogP contribution in [0.15, 0.2) is 46.0 Å². The smallest absolute Gasteiger partial charge is 0.228 e. The third kappa shape index (κ3) is 6.04. The van der Waals surface area contributed by atoms with Gasteiger partial charge in [0, 0.05) is 20.0 Å². The van der Waals surface area contributed by atoms with Gasteiger partial charge in [0.1, 0.15) is 5.82 Å². The van der Waals surface area contributed by atoms with Crippen molar-refractivity contribution in [1.82, 2.24) is 30.3 Å². The van der Waals surface area contributed by atoms with E-state index in [9.17, 15) is 0 Å². The van der Waals surface area contributed by atoms with Crippen LogP contribution in [0, 0.1) is 6.92 Å². The van der Waals surface area contributed by atoms with Crippen LogP contribution >= 0.6 is 24.0 Å². The fourth-order valence-electron chi connectivity index (χ4n) is 2.68. The summed E-state index contributed by atoms with van der Waals surface area (Å²) in [6.45, 7) is 5.84. The number of halogens is 1. The van der Waals surface area contributed by atoms with Gasteiger partial charge in [0.05, 0.1) is 25.0 Å². The first kappa shape index (κ1) is 21.9. The molecule has 0 aliphatic heterocycles. The number of nitrogens with one attached hydrogen (secondary N) is 2. The highest BCUT2D eigenvalue weighted by Crippen LogP contribution is 2.16. The molecule has 0 amide bonds. The first-order chi connectivity index (χ1) is 13.2. The lowest BCUT2D eigenvalue weighted by Gasteiger charge is -2.20. The third-order valence-electron chi connectivity index (χ3n) is 3.95. The van der Waals surface area contributed by atoms with E-state index < -0.39 is 0 Å². The van der Waals surface area contributed by atoms with Crippen molar-refractivity contribution in [1.29, 1.82) is 0 Å².